The quantitative estimate of drug-likeness (QED) is 0.914. The predicted molar refractivity (Wildman–Crippen MR) is 74.0 cm³/mol. The number of halogens is 1. The second-order valence-corrected chi connectivity index (χ2v) is 4.55. The Morgan fingerprint density at radius 1 is 1.28 bits per heavy atom. The largest absolute Gasteiger partial charge is 0.496 e. The summed E-state index contributed by atoms with van der Waals surface area (Å²) < 4.78 is 11.4. The molecule has 0 aliphatic rings. The Labute approximate surface area is 113 Å². The SMILES string of the molecule is COc1ccc(-c2nc(N)[nH]c2Br)c(OC)c1C. The molecule has 2 rings (SSSR count). The number of anilines is 1. The Kier molecular flexibility index (Phi) is 3.47. The zero-order valence-electron chi connectivity index (χ0n) is 10.4. The fourth-order valence-corrected chi connectivity index (χ4v) is 2.40. The first-order chi connectivity index (χ1) is 8.58. The number of hydrogen-bond donors (Lipinski definition) is 2. The minimum atomic E-state index is 0.354. The van der Waals surface area contributed by atoms with E-state index in [0.29, 0.717) is 5.95 Å². The Bertz CT molecular complexity index is 581. The number of benzene rings is 1. The van der Waals surface area contributed by atoms with Crippen LogP contribution < -0.4 is 15.2 Å². The molecule has 0 fully saturated rings. The van der Waals surface area contributed by atoms with Gasteiger partial charge in [0.1, 0.15) is 21.8 Å². The van der Waals surface area contributed by atoms with E-state index in [1.165, 1.54) is 0 Å². The van der Waals surface area contributed by atoms with Gasteiger partial charge in [-0.1, -0.05) is 0 Å². The molecule has 1 aromatic carbocycles. The van der Waals surface area contributed by atoms with Gasteiger partial charge in [-0.25, -0.2) is 4.98 Å². The first kappa shape index (κ1) is 12.8. The molecule has 0 radical (unpaired) electrons. The van der Waals surface area contributed by atoms with Crippen LogP contribution in [0.2, 0.25) is 0 Å². The lowest BCUT2D eigenvalue weighted by atomic mass is 10.1. The number of ether oxygens (including phenoxy) is 2. The fourth-order valence-electron chi connectivity index (χ4n) is 1.89. The summed E-state index contributed by atoms with van der Waals surface area (Å²) in [5.41, 5.74) is 8.14. The maximum atomic E-state index is 5.64. The van der Waals surface area contributed by atoms with Gasteiger partial charge in [0.15, 0.2) is 5.95 Å². The van der Waals surface area contributed by atoms with Gasteiger partial charge < -0.3 is 20.2 Å². The number of nitrogens with two attached hydrogens (primary N) is 1. The molecule has 0 spiro atoms. The second-order valence-electron chi connectivity index (χ2n) is 3.76. The molecule has 5 nitrogen and oxygen atoms in total. The van der Waals surface area contributed by atoms with E-state index in [9.17, 15) is 0 Å². The molecule has 0 amide bonds. The summed E-state index contributed by atoms with van der Waals surface area (Å²) in [7, 11) is 3.25. The van der Waals surface area contributed by atoms with E-state index < -0.39 is 0 Å². The topological polar surface area (TPSA) is 73.2 Å². The smallest absolute Gasteiger partial charge is 0.198 e. The van der Waals surface area contributed by atoms with Crippen LogP contribution in [0.3, 0.4) is 0 Å². The van der Waals surface area contributed by atoms with Crippen molar-refractivity contribution in [2.45, 2.75) is 6.92 Å². The number of methoxy groups -OCH3 is 2. The number of hydrogen-bond acceptors (Lipinski definition) is 4. The van der Waals surface area contributed by atoms with Crippen LogP contribution in [-0.4, -0.2) is 24.2 Å². The Balaban J connectivity index is 2.65. The van der Waals surface area contributed by atoms with Crippen LogP contribution >= 0.6 is 15.9 Å². The number of H-pyrrole nitrogens is 1. The van der Waals surface area contributed by atoms with Crippen LogP contribution in [0.5, 0.6) is 11.5 Å². The number of nitrogens with zero attached hydrogens (tertiary/aromatic N) is 1. The van der Waals surface area contributed by atoms with Gasteiger partial charge >= 0.3 is 0 Å². The molecular formula is C12H14BrN3O2. The van der Waals surface area contributed by atoms with E-state index >= 15 is 0 Å². The summed E-state index contributed by atoms with van der Waals surface area (Å²) in [6, 6.07) is 3.77. The van der Waals surface area contributed by atoms with E-state index in [4.69, 9.17) is 15.2 Å². The summed E-state index contributed by atoms with van der Waals surface area (Å²) in [4.78, 5) is 7.14. The van der Waals surface area contributed by atoms with Gasteiger partial charge in [0.2, 0.25) is 0 Å². The molecule has 6 heteroatoms. The maximum absolute atomic E-state index is 5.64. The number of nitrogen functional groups attached to an aromatic ring is 1. The highest BCUT2D eigenvalue weighted by molar-refractivity contribution is 9.10. The van der Waals surface area contributed by atoms with Crippen molar-refractivity contribution >= 4 is 21.9 Å². The van der Waals surface area contributed by atoms with Crippen molar-refractivity contribution in [1.82, 2.24) is 9.97 Å². The number of aromatic amines is 1. The third-order valence-corrected chi connectivity index (χ3v) is 3.29. The summed E-state index contributed by atoms with van der Waals surface area (Å²) >= 11 is 3.39. The third kappa shape index (κ3) is 2.03. The molecule has 18 heavy (non-hydrogen) atoms. The lowest BCUT2D eigenvalue weighted by Crippen LogP contribution is -1.95. The highest BCUT2D eigenvalue weighted by Gasteiger charge is 2.17. The number of imidazole rings is 1. The van der Waals surface area contributed by atoms with Crippen molar-refractivity contribution in [2.75, 3.05) is 20.0 Å². The van der Waals surface area contributed by atoms with Crippen LogP contribution in [0.1, 0.15) is 5.56 Å². The van der Waals surface area contributed by atoms with Gasteiger partial charge in [-0.3, -0.25) is 0 Å². The van der Waals surface area contributed by atoms with Crippen LogP contribution in [0, 0.1) is 6.92 Å². The zero-order valence-corrected chi connectivity index (χ0v) is 12.0. The molecule has 1 heterocycles. The summed E-state index contributed by atoms with van der Waals surface area (Å²) in [6.07, 6.45) is 0. The molecule has 2 aromatic rings. The standard InChI is InChI=1S/C12H14BrN3O2/c1-6-8(17-2)5-4-7(10(6)18-3)9-11(13)16-12(14)15-9/h4-5H,1-3H3,(H3,14,15,16). The molecule has 0 saturated heterocycles. The van der Waals surface area contributed by atoms with E-state index in [1.54, 1.807) is 14.2 Å². The molecule has 0 unspecified atom stereocenters. The molecule has 0 aliphatic carbocycles. The van der Waals surface area contributed by atoms with Gasteiger partial charge in [0.05, 0.1) is 14.2 Å². The molecule has 0 saturated carbocycles. The number of nitrogens with one attached hydrogen (secondary N) is 1. The van der Waals surface area contributed by atoms with E-state index in [2.05, 4.69) is 25.9 Å². The average molecular weight is 312 g/mol. The molecule has 1 aromatic heterocycles. The Morgan fingerprint density at radius 2 is 2.00 bits per heavy atom. The van der Waals surface area contributed by atoms with Crippen LogP contribution in [0.25, 0.3) is 11.3 Å². The van der Waals surface area contributed by atoms with Gasteiger partial charge in [-0.2, -0.15) is 0 Å². The van der Waals surface area contributed by atoms with Crippen molar-refractivity contribution in [2.24, 2.45) is 0 Å². The van der Waals surface area contributed by atoms with Gasteiger partial charge in [0.25, 0.3) is 0 Å². The molecule has 96 valence electrons. The highest BCUT2D eigenvalue weighted by atomic mass is 79.9. The van der Waals surface area contributed by atoms with Crippen molar-refractivity contribution in [1.29, 1.82) is 0 Å². The number of aromatic nitrogens is 2. The molecule has 3 N–H and O–H groups in total. The first-order valence-corrected chi connectivity index (χ1v) is 6.10. The van der Waals surface area contributed by atoms with Crippen molar-refractivity contribution < 1.29 is 9.47 Å². The van der Waals surface area contributed by atoms with E-state index in [0.717, 1.165) is 32.9 Å². The normalized spacial score (nSPS) is 10.4. The van der Waals surface area contributed by atoms with E-state index in [1.807, 2.05) is 19.1 Å². The Morgan fingerprint density at radius 3 is 2.50 bits per heavy atom. The van der Waals surface area contributed by atoms with Crippen molar-refractivity contribution in [3.63, 3.8) is 0 Å². The van der Waals surface area contributed by atoms with Gasteiger partial charge in [0, 0.05) is 11.1 Å². The third-order valence-electron chi connectivity index (χ3n) is 2.71. The molecule has 0 atom stereocenters. The summed E-state index contributed by atoms with van der Waals surface area (Å²) in [5, 5.41) is 0. The Hall–Kier alpha value is -1.69. The average Bonchev–Trinajstić information content (AvgIpc) is 2.68. The maximum Gasteiger partial charge on any atom is 0.198 e. The van der Waals surface area contributed by atoms with Gasteiger partial charge in [-0.15, -0.1) is 0 Å². The predicted octanol–water partition coefficient (Wildman–Crippen LogP) is 2.75. The zero-order chi connectivity index (χ0) is 13.3. The number of rotatable bonds is 3. The van der Waals surface area contributed by atoms with Gasteiger partial charge in [-0.05, 0) is 35.0 Å². The minimum absolute atomic E-state index is 0.354. The molecular weight excluding hydrogens is 298 g/mol. The van der Waals surface area contributed by atoms with Crippen LogP contribution in [0.15, 0.2) is 16.7 Å². The van der Waals surface area contributed by atoms with Crippen LogP contribution in [-0.2, 0) is 0 Å². The lowest BCUT2D eigenvalue weighted by molar-refractivity contribution is 0.390. The van der Waals surface area contributed by atoms with Crippen molar-refractivity contribution in [3.05, 3.63) is 22.3 Å². The van der Waals surface area contributed by atoms with Crippen LogP contribution in [0.4, 0.5) is 5.95 Å². The summed E-state index contributed by atoms with van der Waals surface area (Å²) in [6.45, 7) is 1.94. The fraction of sp³-hybridized carbons (Fsp3) is 0.250. The lowest BCUT2D eigenvalue weighted by Gasteiger charge is -2.13. The molecule has 0 aliphatic heterocycles. The minimum Gasteiger partial charge on any atom is -0.496 e. The first-order valence-electron chi connectivity index (χ1n) is 5.31. The summed E-state index contributed by atoms with van der Waals surface area (Å²) in [5.74, 6) is 1.85. The second kappa shape index (κ2) is 4.89. The monoisotopic (exact) mass is 311 g/mol. The highest BCUT2D eigenvalue weighted by Crippen LogP contribution is 2.39. The van der Waals surface area contributed by atoms with E-state index in [-0.39, 0.29) is 0 Å². The molecule has 0 bridgehead atoms. The van der Waals surface area contributed by atoms with Crippen molar-refractivity contribution in [3.8, 4) is 22.8 Å².